The average Bonchev–Trinajstić information content (AvgIpc) is 2.42. The van der Waals surface area contributed by atoms with Gasteiger partial charge in [-0.2, -0.15) is 0 Å². The molecule has 0 saturated carbocycles. The van der Waals surface area contributed by atoms with E-state index < -0.39 is 97.5 Å². The lowest BCUT2D eigenvalue weighted by molar-refractivity contribution is -0.161. The van der Waals surface area contributed by atoms with Crippen LogP contribution in [0.5, 0.6) is 0 Å². The van der Waals surface area contributed by atoms with Gasteiger partial charge in [0.15, 0.2) is 12.2 Å². The van der Waals surface area contributed by atoms with Crippen LogP contribution in [0.3, 0.4) is 0 Å². The molecule has 0 saturated heterocycles. The zero-order valence-electron chi connectivity index (χ0n) is 59.7. The summed E-state index contributed by atoms with van der Waals surface area (Å²) in [5.74, 6) is -1.32. The number of carbonyl (C=O) groups is 4. The molecule has 92 heavy (non-hydrogen) atoms. The largest absolute Gasteiger partial charge is 0.472 e. The molecular formula is C73H142O17P2. The Morgan fingerprint density at radius 2 is 0.500 bits per heavy atom. The first-order chi connectivity index (χ1) is 44.5. The summed E-state index contributed by atoms with van der Waals surface area (Å²) in [5.41, 5.74) is 0. The molecule has 0 aliphatic rings. The van der Waals surface area contributed by atoms with Crippen LogP contribution in [0.4, 0.5) is 0 Å². The fourth-order valence-corrected chi connectivity index (χ4v) is 12.8. The Morgan fingerprint density at radius 3 is 0.739 bits per heavy atom. The highest BCUT2D eigenvalue weighted by Gasteiger charge is 2.30. The standard InChI is InChI=1S/C73H142O17P2/c1-6-9-12-15-18-21-23-25-29-33-37-42-47-52-57-71(76)84-63-69(90-73(78)59-54-49-44-39-34-30-27-26-28-31-36-40-45-50-55-66(4)5)65-88-92(81,82)86-61-67(74)60-85-91(79,80)87-64-68(62-83-70(75)56-51-46-41-35-20-17-14-11-8-3)89-72(77)58-53-48-43-38-32-24-22-19-16-13-10-7-2/h66-69,74H,6-65H2,1-5H3,(H,79,80)(H,81,82)/t67-,68+,69+/m0/s1. The summed E-state index contributed by atoms with van der Waals surface area (Å²) >= 11 is 0. The number of hydrogen-bond acceptors (Lipinski definition) is 15. The molecule has 0 spiro atoms. The highest BCUT2D eigenvalue weighted by atomic mass is 31.2. The fraction of sp³-hybridized carbons (Fsp3) is 0.945. The highest BCUT2D eigenvalue weighted by Crippen LogP contribution is 2.45. The van der Waals surface area contributed by atoms with Gasteiger partial charge in [-0.25, -0.2) is 9.13 Å². The molecule has 0 aromatic rings. The summed E-state index contributed by atoms with van der Waals surface area (Å²) in [6, 6.07) is 0. The molecule has 0 heterocycles. The van der Waals surface area contributed by atoms with Crippen LogP contribution in [0.2, 0.25) is 0 Å². The maximum atomic E-state index is 13.1. The van der Waals surface area contributed by atoms with Gasteiger partial charge in [0, 0.05) is 25.7 Å². The molecule has 0 aromatic carbocycles. The van der Waals surface area contributed by atoms with Gasteiger partial charge in [-0.15, -0.1) is 0 Å². The van der Waals surface area contributed by atoms with E-state index in [1.807, 2.05) is 0 Å². The van der Waals surface area contributed by atoms with Crippen LogP contribution in [0.1, 0.15) is 381 Å². The lowest BCUT2D eigenvalue weighted by Gasteiger charge is -2.21. The summed E-state index contributed by atoms with van der Waals surface area (Å²) in [6.07, 6.45) is 53.9. The lowest BCUT2D eigenvalue weighted by Crippen LogP contribution is -2.30. The summed E-state index contributed by atoms with van der Waals surface area (Å²) in [6.45, 7) is 7.28. The van der Waals surface area contributed by atoms with Gasteiger partial charge in [0.25, 0.3) is 0 Å². The maximum absolute atomic E-state index is 13.1. The number of aliphatic hydroxyl groups excluding tert-OH is 1. The van der Waals surface area contributed by atoms with E-state index in [0.717, 1.165) is 95.8 Å². The third-order valence-corrected chi connectivity index (χ3v) is 18.9. The minimum absolute atomic E-state index is 0.108. The van der Waals surface area contributed by atoms with Crippen molar-refractivity contribution >= 4 is 39.5 Å². The van der Waals surface area contributed by atoms with Crippen LogP contribution in [-0.4, -0.2) is 96.7 Å². The molecule has 546 valence electrons. The van der Waals surface area contributed by atoms with Crippen molar-refractivity contribution in [1.29, 1.82) is 0 Å². The van der Waals surface area contributed by atoms with Crippen LogP contribution >= 0.6 is 15.6 Å². The molecular weight excluding hydrogens is 1210 g/mol. The molecule has 0 fully saturated rings. The van der Waals surface area contributed by atoms with E-state index in [1.165, 1.54) is 205 Å². The Hall–Kier alpha value is -1.94. The predicted molar refractivity (Wildman–Crippen MR) is 372 cm³/mol. The monoisotopic (exact) mass is 1350 g/mol. The second-order valence-electron chi connectivity index (χ2n) is 26.8. The molecule has 5 atom stereocenters. The van der Waals surface area contributed by atoms with Crippen molar-refractivity contribution in [2.45, 2.75) is 400 Å². The number of rotatable bonds is 73. The fourth-order valence-electron chi connectivity index (χ4n) is 11.2. The van der Waals surface area contributed by atoms with Crippen molar-refractivity contribution in [2.75, 3.05) is 39.6 Å². The van der Waals surface area contributed by atoms with Crippen LogP contribution < -0.4 is 0 Å². The zero-order valence-corrected chi connectivity index (χ0v) is 61.5. The number of ether oxygens (including phenoxy) is 4. The number of hydrogen-bond donors (Lipinski definition) is 3. The van der Waals surface area contributed by atoms with Gasteiger partial charge in [0.1, 0.15) is 19.3 Å². The van der Waals surface area contributed by atoms with E-state index in [1.54, 1.807) is 0 Å². The maximum Gasteiger partial charge on any atom is 0.472 e. The Bertz CT molecular complexity index is 1770. The molecule has 19 heteroatoms. The van der Waals surface area contributed by atoms with E-state index >= 15 is 0 Å². The highest BCUT2D eigenvalue weighted by molar-refractivity contribution is 7.47. The van der Waals surface area contributed by atoms with Crippen molar-refractivity contribution in [2.24, 2.45) is 5.92 Å². The third kappa shape index (κ3) is 66.7. The second-order valence-corrected chi connectivity index (χ2v) is 29.7. The zero-order chi connectivity index (χ0) is 67.7. The number of unbranched alkanes of at least 4 members (excludes halogenated alkanes) is 45. The lowest BCUT2D eigenvalue weighted by atomic mass is 10.0. The topological polar surface area (TPSA) is 237 Å². The average molecular weight is 1350 g/mol. The summed E-state index contributed by atoms with van der Waals surface area (Å²) < 4.78 is 68.4. The molecule has 17 nitrogen and oxygen atoms in total. The molecule has 0 amide bonds. The van der Waals surface area contributed by atoms with Crippen molar-refractivity contribution in [1.82, 2.24) is 0 Å². The van der Waals surface area contributed by atoms with Gasteiger partial charge in [0.05, 0.1) is 26.4 Å². The number of phosphoric ester groups is 2. The van der Waals surface area contributed by atoms with E-state index in [-0.39, 0.29) is 25.7 Å². The van der Waals surface area contributed by atoms with E-state index in [0.29, 0.717) is 25.7 Å². The van der Waals surface area contributed by atoms with Crippen LogP contribution in [-0.2, 0) is 65.4 Å². The number of phosphoric acid groups is 2. The normalized spacial score (nSPS) is 14.0. The molecule has 0 radical (unpaired) electrons. The molecule has 2 unspecified atom stereocenters. The van der Waals surface area contributed by atoms with Gasteiger partial charge in [-0.3, -0.25) is 37.3 Å². The summed E-state index contributed by atoms with van der Waals surface area (Å²) in [5, 5.41) is 10.6. The Kier molecular flexibility index (Phi) is 64.9. The predicted octanol–water partition coefficient (Wildman–Crippen LogP) is 21.3. The van der Waals surface area contributed by atoms with Crippen molar-refractivity contribution in [3.05, 3.63) is 0 Å². The quantitative estimate of drug-likeness (QED) is 0.0222. The van der Waals surface area contributed by atoms with Crippen LogP contribution in [0.25, 0.3) is 0 Å². The summed E-state index contributed by atoms with van der Waals surface area (Å²) in [4.78, 5) is 72.6. The van der Waals surface area contributed by atoms with Gasteiger partial charge >= 0.3 is 39.5 Å². The SMILES string of the molecule is CCCCCCCCCCCCCCCCC(=O)OC[C@H](COP(=O)(O)OC[C@@H](O)COP(=O)(O)OC[C@@H](COC(=O)CCCCCCCCCCC)OC(=O)CCCCCCCCCCCCCC)OC(=O)CCCCCCCCCCCCCCCCC(C)C. The van der Waals surface area contributed by atoms with Crippen molar-refractivity contribution in [3.63, 3.8) is 0 Å². The molecule has 0 aliphatic heterocycles. The molecule has 0 aliphatic carbocycles. The Morgan fingerprint density at radius 1 is 0.293 bits per heavy atom. The smallest absolute Gasteiger partial charge is 0.462 e. The first-order valence-corrected chi connectivity index (χ1v) is 41.1. The van der Waals surface area contributed by atoms with E-state index in [4.69, 9.17) is 37.0 Å². The van der Waals surface area contributed by atoms with Gasteiger partial charge in [0.2, 0.25) is 0 Å². The summed E-state index contributed by atoms with van der Waals surface area (Å²) in [7, 11) is -9.90. The molecule has 0 bridgehead atoms. The Labute approximate surface area is 562 Å². The van der Waals surface area contributed by atoms with Crippen LogP contribution in [0.15, 0.2) is 0 Å². The number of carbonyl (C=O) groups excluding carboxylic acids is 4. The first-order valence-electron chi connectivity index (χ1n) is 38.1. The molecule has 0 aromatic heterocycles. The van der Waals surface area contributed by atoms with Gasteiger partial charge in [-0.05, 0) is 31.6 Å². The second kappa shape index (κ2) is 66.3. The molecule has 3 N–H and O–H groups in total. The minimum Gasteiger partial charge on any atom is -0.462 e. The van der Waals surface area contributed by atoms with Gasteiger partial charge < -0.3 is 33.8 Å². The van der Waals surface area contributed by atoms with E-state index in [9.17, 15) is 43.2 Å². The minimum atomic E-state index is -4.95. The number of aliphatic hydroxyl groups is 1. The van der Waals surface area contributed by atoms with Crippen LogP contribution in [0, 0.1) is 5.92 Å². The van der Waals surface area contributed by atoms with Crippen molar-refractivity contribution in [3.8, 4) is 0 Å². The van der Waals surface area contributed by atoms with Gasteiger partial charge in [-0.1, -0.05) is 330 Å². The number of esters is 4. The third-order valence-electron chi connectivity index (χ3n) is 17.0. The Balaban J connectivity index is 5.23. The van der Waals surface area contributed by atoms with E-state index in [2.05, 4.69) is 34.6 Å². The first kappa shape index (κ1) is 90.1. The molecule has 0 rings (SSSR count). The van der Waals surface area contributed by atoms with Crippen molar-refractivity contribution < 1.29 is 80.2 Å².